The third kappa shape index (κ3) is 29.0. The zero-order valence-electron chi connectivity index (χ0n) is 37.1. The maximum Gasteiger partial charge on any atom is 0.472 e. The maximum absolute atomic E-state index is 12.8. The number of esters is 2. The van der Waals surface area contributed by atoms with Crippen LogP contribution in [0.1, 0.15) is 219 Å². The number of carbonyl (C=O) groups excluding carboxylic acids is 2. The predicted octanol–water partition coefficient (Wildman–Crippen LogP) is 9.28. The molecule has 1 fully saturated rings. The van der Waals surface area contributed by atoms with Crippen molar-refractivity contribution in [2.75, 3.05) is 13.2 Å². The molecule has 0 saturated heterocycles. The average Bonchev–Trinajstić information content (AvgIpc) is 3.21. The van der Waals surface area contributed by atoms with Crippen molar-refractivity contribution < 1.29 is 63.1 Å². The van der Waals surface area contributed by atoms with Crippen molar-refractivity contribution in [2.24, 2.45) is 0 Å². The summed E-state index contributed by atoms with van der Waals surface area (Å²) >= 11 is 0. The van der Waals surface area contributed by atoms with Gasteiger partial charge in [0.1, 0.15) is 43.2 Å². The topological polar surface area (TPSA) is 210 Å². The van der Waals surface area contributed by atoms with Crippen LogP contribution < -0.4 is 0 Å². The summed E-state index contributed by atoms with van der Waals surface area (Å²) in [5.41, 5.74) is 0. The Morgan fingerprint density at radius 1 is 0.458 bits per heavy atom. The van der Waals surface area contributed by atoms with E-state index in [1.165, 1.54) is 141 Å². The minimum atomic E-state index is -5.11. The molecule has 1 rings (SSSR count). The van der Waals surface area contributed by atoms with Crippen LogP contribution in [0, 0.1) is 0 Å². The van der Waals surface area contributed by atoms with Crippen molar-refractivity contribution >= 4 is 19.8 Å². The molecule has 59 heavy (non-hydrogen) atoms. The van der Waals surface area contributed by atoms with Gasteiger partial charge >= 0.3 is 19.8 Å². The summed E-state index contributed by atoms with van der Waals surface area (Å²) in [6.45, 7) is 3.31. The van der Waals surface area contributed by atoms with Crippen LogP contribution in [0.4, 0.5) is 0 Å². The van der Waals surface area contributed by atoms with E-state index in [4.69, 9.17) is 18.5 Å². The van der Waals surface area contributed by atoms with E-state index < -0.39 is 75.7 Å². The highest BCUT2D eigenvalue weighted by atomic mass is 31.2. The van der Waals surface area contributed by atoms with Crippen molar-refractivity contribution in [3.63, 3.8) is 0 Å². The van der Waals surface area contributed by atoms with E-state index in [9.17, 15) is 44.6 Å². The van der Waals surface area contributed by atoms with Crippen molar-refractivity contribution in [3.05, 3.63) is 0 Å². The normalized spacial score (nSPS) is 22.2. The highest BCUT2D eigenvalue weighted by Crippen LogP contribution is 2.47. The molecule has 1 saturated carbocycles. The Hall–Kier alpha value is -1.15. The van der Waals surface area contributed by atoms with Gasteiger partial charge in [-0.25, -0.2) is 4.57 Å². The summed E-state index contributed by atoms with van der Waals surface area (Å²) in [5.74, 6) is -1.09. The van der Waals surface area contributed by atoms with Gasteiger partial charge in [0.15, 0.2) is 6.10 Å². The average molecular weight is 867 g/mol. The van der Waals surface area contributed by atoms with Crippen LogP contribution in [-0.2, 0) is 32.7 Å². The van der Waals surface area contributed by atoms with Gasteiger partial charge in [-0.15, -0.1) is 0 Å². The Kier molecular flexibility index (Phi) is 34.4. The summed E-state index contributed by atoms with van der Waals surface area (Å²) in [6, 6.07) is 0. The lowest BCUT2D eigenvalue weighted by Gasteiger charge is -2.41. The van der Waals surface area contributed by atoms with E-state index >= 15 is 0 Å². The largest absolute Gasteiger partial charge is 0.472 e. The van der Waals surface area contributed by atoms with E-state index in [2.05, 4.69) is 13.8 Å². The lowest BCUT2D eigenvalue weighted by molar-refractivity contribution is -0.220. The minimum Gasteiger partial charge on any atom is -0.462 e. The monoisotopic (exact) mass is 867 g/mol. The number of rotatable bonds is 40. The number of hydrogen-bond donors (Lipinski definition) is 6. The molecule has 0 aromatic rings. The third-order valence-electron chi connectivity index (χ3n) is 11.4. The van der Waals surface area contributed by atoms with Crippen LogP contribution in [0.15, 0.2) is 0 Å². The van der Waals surface area contributed by atoms with Gasteiger partial charge in [0.25, 0.3) is 0 Å². The van der Waals surface area contributed by atoms with Gasteiger partial charge in [0.05, 0.1) is 6.61 Å². The molecule has 0 radical (unpaired) electrons. The molecule has 0 heterocycles. The molecule has 0 bridgehead atoms. The van der Waals surface area contributed by atoms with Crippen molar-refractivity contribution in [1.82, 2.24) is 0 Å². The molecular formula is C45H87O13P. The third-order valence-corrected chi connectivity index (χ3v) is 12.4. The lowest BCUT2D eigenvalue weighted by atomic mass is 9.85. The van der Waals surface area contributed by atoms with Gasteiger partial charge in [-0.2, -0.15) is 0 Å². The summed E-state index contributed by atoms with van der Waals surface area (Å²) < 4.78 is 33.5. The molecular weight excluding hydrogens is 779 g/mol. The maximum atomic E-state index is 12.8. The van der Waals surface area contributed by atoms with Gasteiger partial charge in [0.2, 0.25) is 0 Å². The standard InChI is InChI=1S/C45H87O13P/c1-3-5-7-9-11-13-15-16-17-18-19-20-21-22-23-24-26-28-30-32-34-39(47)57-37(35-55-38(46)33-31-29-27-25-14-12-10-8-6-4-2)36-56-59(53,54)58-45-43(51)41(49)40(48)42(50)44(45)52/h37,40-45,48-52H,3-36H2,1-2H3,(H,53,54). The first-order chi connectivity index (χ1) is 28.4. The van der Waals surface area contributed by atoms with Crippen molar-refractivity contribution in [3.8, 4) is 0 Å². The van der Waals surface area contributed by atoms with E-state index in [0.717, 1.165) is 38.5 Å². The molecule has 14 heteroatoms. The van der Waals surface area contributed by atoms with Gasteiger partial charge in [0, 0.05) is 12.8 Å². The first-order valence-electron chi connectivity index (χ1n) is 23.8. The molecule has 6 unspecified atom stereocenters. The molecule has 0 aromatic carbocycles. The zero-order chi connectivity index (χ0) is 43.6. The number of hydrogen-bond acceptors (Lipinski definition) is 12. The molecule has 0 amide bonds. The Morgan fingerprint density at radius 2 is 0.763 bits per heavy atom. The van der Waals surface area contributed by atoms with Crippen LogP contribution in [0.25, 0.3) is 0 Å². The van der Waals surface area contributed by atoms with Crippen molar-refractivity contribution in [2.45, 2.75) is 262 Å². The first-order valence-corrected chi connectivity index (χ1v) is 25.3. The van der Waals surface area contributed by atoms with Gasteiger partial charge in [-0.1, -0.05) is 194 Å². The van der Waals surface area contributed by atoms with E-state index in [0.29, 0.717) is 12.8 Å². The Morgan fingerprint density at radius 3 is 1.12 bits per heavy atom. The molecule has 6 atom stereocenters. The molecule has 1 aliphatic carbocycles. The van der Waals surface area contributed by atoms with Crippen LogP contribution in [-0.4, -0.2) is 98.3 Å². The van der Waals surface area contributed by atoms with E-state index in [1.807, 2.05) is 0 Å². The summed E-state index contributed by atoms with van der Waals surface area (Å²) in [4.78, 5) is 35.6. The summed E-state index contributed by atoms with van der Waals surface area (Å²) in [5, 5.41) is 50.1. The number of aliphatic hydroxyl groups is 5. The Balaban J connectivity index is 2.38. The van der Waals surface area contributed by atoms with Gasteiger partial charge in [-0.3, -0.25) is 18.6 Å². The highest BCUT2D eigenvalue weighted by molar-refractivity contribution is 7.47. The molecule has 6 N–H and O–H groups in total. The molecule has 350 valence electrons. The number of aliphatic hydroxyl groups excluding tert-OH is 5. The number of unbranched alkanes of at least 4 members (excludes halogenated alkanes) is 28. The number of phosphoric ester groups is 1. The molecule has 0 aromatic heterocycles. The Bertz CT molecular complexity index is 1050. The number of ether oxygens (including phenoxy) is 2. The fraction of sp³-hybridized carbons (Fsp3) is 0.956. The van der Waals surface area contributed by atoms with E-state index in [-0.39, 0.29) is 12.8 Å². The lowest BCUT2D eigenvalue weighted by Crippen LogP contribution is -2.64. The highest BCUT2D eigenvalue weighted by Gasteiger charge is 2.51. The minimum absolute atomic E-state index is 0.105. The first kappa shape index (κ1) is 55.9. The predicted molar refractivity (Wildman–Crippen MR) is 231 cm³/mol. The molecule has 0 aliphatic heterocycles. The molecule has 13 nitrogen and oxygen atoms in total. The fourth-order valence-electron chi connectivity index (χ4n) is 7.58. The zero-order valence-corrected chi connectivity index (χ0v) is 38.0. The second kappa shape index (κ2) is 36.3. The quantitative estimate of drug-likeness (QED) is 0.0193. The van der Waals surface area contributed by atoms with Crippen LogP contribution in [0.3, 0.4) is 0 Å². The number of phosphoric acid groups is 1. The molecule has 0 spiro atoms. The van der Waals surface area contributed by atoms with Crippen LogP contribution in [0.5, 0.6) is 0 Å². The van der Waals surface area contributed by atoms with Crippen LogP contribution >= 0.6 is 7.82 Å². The fourth-order valence-corrected chi connectivity index (χ4v) is 8.56. The van der Waals surface area contributed by atoms with Gasteiger partial charge < -0.3 is 39.9 Å². The van der Waals surface area contributed by atoms with Gasteiger partial charge in [-0.05, 0) is 12.8 Å². The van der Waals surface area contributed by atoms with E-state index in [1.54, 1.807) is 0 Å². The summed E-state index contributed by atoms with van der Waals surface area (Å²) in [7, 11) is -5.11. The Labute approximate surface area is 357 Å². The SMILES string of the molecule is CCCCCCCCCCCCCCCCCCCCCCC(=O)OC(COC(=O)CCCCCCCCCCCC)COP(=O)(O)OC1C(O)C(O)C(O)C(O)C1O. The second-order valence-electron chi connectivity index (χ2n) is 17.0. The smallest absolute Gasteiger partial charge is 0.462 e. The summed E-state index contributed by atoms with van der Waals surface area (Å²) in [6.07, 6.45) is 23.1. The number of carbonyl (C=O) groups is 2. The second-order valence-corrected chi connectivity index (χ2v) is 18.4. The van der Waals surface area contributed by atoms with Crippen molar-refractivity contribution in [1.29, 1.82) is 0 Å². The molecule has 1 aliphatic rings. The van der Waals surface area contributed by atoms with Crippen LogP contribution in [0.2, 0.25) is 0 Å².